The van der Waals surface area contributed by atoms with Gasteiger partial charge in [0, 0.05) is 31.2 Å². The number of aryl methyl sites for hydroxylation is 1. The number of likely N-dealkylation sites (N-methyl/N-ethyl adjacent to an activating group) is 2. The normalized spacial score (nSPS) is 14.7. The van der Waals surface area contributed by atoms with Gasteiger partial charge in [0.15, 0.2) is 5.11 Å². The van der Waals surface area contributed by atoms with Gasteiger partial charge in [-0.2, -0.15) is 0 Å². The van der Waals surface area contributed by atoms with E-state index in [1.807, 2.05) is 24.5 Å². The van der Waals surface area contributed by atoms with E-state index in [4.69, 9.17) is 17.3 Å². The molecular weight excluding hydrogens is 378 g/mol. The quantitative estimate of drug-likeness (QED) is 0.489. The zero-order chi connectivity index (χ0) is 20.7. The minimum absolute atomic E-state index is 0.0417. The number of carbonyl (C=O) groups is 3. The lowest BCUT2D eigenvalue weighted by Crippen LogP contribution is -2.52. The number of hydrogen-bond donors (Lipinski definition) is 1. The summed E-state index contributed by atoms with van der Waals surface area (Å²) in [6, 6.07) is 8.39. The van der Waals surface area contributed by atoms with Crippen LogP contribution in [0.3, 0.4) is 0 Å². The Kier molecular flexibility index (Phi) is 4.91. The van der Waals surface area contributed by atoms with Gasteiger partial charge in [0.2, 0.25) is 0 Å². The van der Waals surface area contributed by atoms with Gasteiger partial charge in [-0.1, -0.05) is 0 Å². The number of rotatable bonds is 3. The van der Waals surface area contributed by atoms with Gasteiger partial charge in [0.05, 0.1) is 5.56 Å². The van der Waals surface area contributed by atoms with Crippen LogP contribution in [0.15, 0.2) is 35.9 Å². The number of benzene rings is 1. The van der Waals surface area contributed by atoms with Crippen molar-refractivity contribution >= 4 is 41.2 Å². The van der Waals surface area contributed by atoms with Crippen molar-refractivity contribution in [2.45, 2.75) is 13.8 Å². The van der Waals surface area contributed by atoms with Gasteiger partial charge in [-0.3, -0.25) is 19.4 Å². The maximum atomic E-state index is 12.5. The van der Waals surface area contributed by atoms with Crippen molar-refractivity contribution in [2.75, 3.05) is 14.1 Å². The largest absolute Gasteiger partial charge is 0.478 e. The lowest BCUT2D eigenvalue weighted by Gasteiger charge is -2.31. The highest BCUT2D eigenvalue weighted by atomic mass is 32.1. The molecule has 144 valence electrons. The van der Waals surface area contributed by atoms with Crippen LogP contribution in [0.2, 0.25) is 0 Å². The Morgan fingerprint density at radius 3 is 2.07 bits per heavy atom. The fraction of sp³-hybridized carbons (Fsp3) is 0.200. The second-order valence-corrected chi connectivity index (χ2v) is 6.95. The highest BCUT2D eigenvalue weighted by Gasteiger charge is 2.35. The van der Waals surface area contributed by atoms with Crippen LogP contribution in [0.1, 0.15) is 27.3 Å². The number of amides is 2. The topological polar surface area (TPSA) is 82.9 Å². The molecule has 0 unspecified atom stereocenters. The summed E-state index contributed by atoms with van der Waals surface area (Å²) in [6.45, 7) is 3.78. The lowest BCUT2D eigenvalue weighted by molar-refractivity contribution is -0.132. The maximum Gasteiger partial charge on any atom is 0.335 e. The van der Waals surface area contributed by atoms with E-state index in [0.29, 0.717) is 0 Å². The standard InChI is InChI=1S/C20H19N3O4S/c1-11-9-14(10-16-17(24)21(3)20(28)22(4)18(16)25)12(2)23(11)15-7-5-13(6-8-15)19(26)27/h5-10H,1-4H3,(H,26,27). The van der Waals surface area contributed by atoms with Crippen LogP contribution in [0.5, 0.6) is 0 Å². The van der Waals surface area contributed by atoms with E-state index < -0.39 is 17.8 Å². The molecule has 28 heavy (non-hydrogen) atoms. The minimum Gasteiger partial charge on any atom is -0.478 e. The van der Waals surface area contributed by atoms with Gasteiger partial charge in [-0.25, -0.2) is 4.79 Å². The lowest BCUT2D eigenvalue weighted by atomic mass is 10.1. The van der Waals surface area contributed by atoms with Crippen LogP contribution in [0, 0.1) is 13.8 Å². The fourth-order valence-corrected chi connectivity index (χ4v) is 3.38. The molecule has 1 aliphatic heterocycles. The number of carbonyl (C=O) groups excluding carboxylic acids is 2. The molecule has 1 aliphatic rings. The van der Waals surface area contributed by atoms with Crippen molar-refractivity contribution in [2.24, 2.45) is 0 Å². The summed E-state index contributed by atoms with van der Waals surface area (Å²) in [5.74, 6) is -1.87. The third-order valence-electron chi connectivity index (χ3n) is 4.79. The summed E-state index contributed by atoms with van der Waals surface area (Å²) in [7, 11) is 3.07. The van der Waals surface area contributed by atoms with E-state index in [2.05, 4.69) is 0 Å². The Bertz CT molecular complexity index is 1020. The Hall–Kier alpha value is -3.26. The molecule has 0 aliphatic carbocycles. The molecule has 0 spiro atoms. The van der Waals surface area contributed by atoms with E-state index in [1.165, 1.54) is 36.0 Å². The van der Waals surface area contributed by atoms with Crippen LogP contribution < -0.4 is 0 Å². The molecule has 1 aromatic heterocycles. The van der Waals surface area contributed by atoms with Crippen molar-refractivity contribution in [3.8, 4) is 5.69 Å². The summed E-state index contributed by atoms with van der Waals surface area (Å²) in [5, 5.41) is 9.22. The highest BCUT2D eigenvalue weighted by molar-refractivity contribution is 7.80. The molecule has 0 saturated carbocycles. The van der Waals surface area contributed by atoms with Crippen molar-refractivity contribution in [1.82, 2.24) is 14.4 Å². The summed E-state index contributed by atoms with van der Waals surface area (Å²) in [6.07, 6.45) is 1.57. The molecule has 2 aromatic rings. The van der Waals surface area contributed by atoms with Gasteiger partial charge in [0.25, 0.3) is 11.8 Å². The van der Waals surface area contributed by atoms with E-state index >= 15 is 0 Å². The van der Waals surface area contributed by atoms with Gasteiger partial charge in [-0.15, -0.1) is 0 Å². The van der Waals surface area contributed by atoms with Crippen LogP contribution >= 0.6 is 12.2 Å². The molecule has 7 nitrogen and oxygen atoms in total. The minimum atomic E-state index is -0.988. The first-order valence-electron chi connectivity index (χ1n) is 8.48. The molecule has 0 atom stereocenters. The van der Waals surface area contributed by atoms with Crippen LogP contribution in [0.25, 0.3) is 11.8 Å². The monoisotopic (exact) mass is 397 g/mol. The van der Waals surface area contributed by atoms with Crippen molar-refractivity contribution in [1.29, 1.82) is 0 Å². The van der Waals surface area contributed by atoms with Crippen molar-refractivity contribution < 1.29 is 19.5 Å². The fourth-order valence-electron chi connectivity index (χ4n) is 3.21. The Morgan fingerprint density at radius 2 is 1.57 bits per heavy atom. The maximum absolute atomic E-state index is 12.5. The number of aromatic carboxylic acids is 1. The molecule has 2 amide bonds. The first-order chi connectivity index (χ1) is 13.1. The van der Waals surface area contributed by atoms with Gasteiger partial charge < -0.3 is 9.67 Å². The number of thiocarbonyl (C=S) groups is 1. The van der Waals surface area contributed by atoms with Crippen LogP contribution in [-0.2, 0) is 9.59 Å². The summed E-state index contributed by atoms with van der Waals surface area (Å²) < 4.78 is 1.94. The molecule has 1 N–H and O–H groups in total. The molecule has 1 fully saturated rings. The third-order valence-corrected chi connectivity index (χ3v) is 5.33. The molecule has 1 aromatic carbocycles. The summed E-state index contributed by atoms with van der Waals surface area (Å²) >= 11 is 5.10. The Morgan fingerprint density at radius 1 is 1.04 bits per heavy atom. The molecule has 8 heteroatoms. The number of nitrogens with zero attached hydrogens (tertiary/aromatic N) is 3. The highest BCUT2D eigenvalue weighted by Crippen LogP contribution is 2.25. The van der Waals surface area contributed by atoms with Crippen LogP contribution in [0.4, 0.5) is 0 Å². The molecular formula is C20H19N3O4S. The average Bonchev–Trinajstić information content (AvgIpc) is 2.95. The van der Waals surface area contributed by atoms with Gasteiger partial charge in [-0.05, 0) is 68.0 Å². The first kappa shape index (κ1) is 19.5. The van der Waals surface area contributed by atoms with E-state index in [9.17, 15) is 14.4 Å². The summed E-state index contributed by atoms with van der Waals surface area (Å²) in [5.41, 5.74) is 3.48. The van der Waals surface area contributed by atoms with Gasteiger partial charge in [0.1, 0.15) is 5.57 Å². The van der Waals surface area contributed by atoms with Crippen molar-refractivity contribution in [3.05, 3.63) is 58.4 Å². The second kappa shape index (κ2) is 7.05. The molecule has 3 rings (SSSR count). The predicted molar refractivity (Wildman–Crippen MR) is 108 cm³/mol. The molecule has 1 saturated heterocycles. The molecule has 2 heterocycles. The summed E-state index contributed by atoms with van der Waals surface area (Å²) in [4.78, 5) is 38.7. The zero-order valence-electron chi connectivity index (χ0n) is 15.9. The van der Waals surface area contributed by atoms with Gasteiger partial charge >= 0.3 is 5.97 Å². The van der Waals surface area contributed by atoms with E-state index in [-0.39, 0.29) is 16.2 Å². The number of carboxylic acids is 1. The SMILES string of the molecule is Cc1cc(C=C2C(=O)N(C)C(=S)N(C)C2=O)c(C)n1-c1ccc(C(=O)O)cc1. The third kappa shape index (κ3) is 3.11. The van der Waals surface area contributed by atoms with E-state index in [0.717, 1.165) is 22.6 Å². The Balaban J connectivity index is 2.05. The molecule has 0 bridgehead atoms. The predicted octanol–water partition coefficient (Wildman–Crippen LogP) is 2.39. The number of hydrogen-bond acceptors (Lipinski definition) is 4. The second-order valence-electron chi connectivity index (χ2n) is 6.58. The number of carboxylic acid groups (broad SMARTS) is 1. The first-order valence-corrected chi connectivity index (χ1v) is 8.88. The smallest absolute Gasteiger partial charge is 0.335 e. The van der Waals surface area contributed by atoms with Crippen molar-refractivity contribution in [3.63, 3.8) is 0 Å². The zero-order valence-corrected chi connectivity index (χ0v) is 16.7. The Labute approximate surface area is 167 Å². The van der Waals surface area contributed by atoms with Crippen LogP contribution in [-0.4, -0.2) is 56.5 Å². The number of aromatic nitrogens is 1. The van der Waals surface area contributed by atoms with E-state index in [1.54, 1.807) is 18.2 Å². The average molecular weight is 397 g/mol. The molecule has 0 radical (unpaired) electrons.